The fourth-order valence-electron chi connectivity index (χ4n) is 1.61. The normalized spacial score (nSPS) is 23.4. The average molecular weight is 220 g/mol. The monoisotopic (exact) mass is 219 g/mol. The summed E-state index contributed by atoms with van der Waals surface area (Å²) >= 11 is 5.94. The van der Waals surface area contributed by atoms with Crippen LogP contribution in [0.4, 0.5) is 0 Å². The van der Waals surface area contributed by atoms with Gasteiger partial charge in [0.1, 0.15) is 0 Å². The van der Waals surface area contributed by atoms with Crippen molar-refractivity contribution in [1.29, 1.82) is 0 Å². The first-order valence-corrected chi connectivity index (χ1v) is 6.12. The second-order valence-electron chi connectivity index (χ2n) is 4.48. The lowest BCUT2D eigenvalue weighted by Crippen LogP contribution is -2.46. The number of rotatable bonds is 5. The maximum atomic E-state index is 5.94. The van der Waals surface area contributed by atoms with Crippen molar-refractivity contribution in [2.75, 3.05) is 25.6 Å². The van der Waals surface area contributed by atoms with Crippen molar-refractivity contribution in [2.45, 2.75) is 38.6 Å². The molecule has 0 aliphatic carbocycles. The van der Waals surface area contributed by atoms with Gasteiger partial charge in [-0.25, -0.2) is 0 Å². The molecule has 1 N–H and O–H groups in total. The molecule has 1 fully saturated rings. The summed E-state index contributed by atoms with van der Waals surface area (Å²) in [5.74, 6) is 1.46. The third-order valence-electron chi connectivity index (χ3n) is 3.23. The van der Waals surface area contributed by atoms with Crippen molar-refractivity contribution in [3.63, 3.8) is 0 Å². The van der Waals surface area contributed by atoms with Crippen molar-refractivity contribution >= 4 is 11.6 Å². The van der Waals surface area contributed by atoms with Gasteiger partial charge in [0.05, 0.1) is 0 Å². The molecule has 1 unspecified atom stereocenters. The van der Waals surface area contributed by atoms with E-state index in [1.54, 1.807) is 0 Å². The molecular formula is C11H22ClNO. The van der Waals surface area contributed by atoms with E-state index in [4.69, 9.17) is 16.3 Å². The number of ether oxygens (including phenoxy) is 1. The maximum absolute atomic E-state index is 5.94. The van der Waals surface area contributed by atoms with E-state index in [2.05, 4.69) is 19.2 Å². The predicted molar refractivity (Wildman–Crippen MR) is 61.0 cm³/mol. The lowest BCUT2D eigenvalue weighted by atomic mass is 9.96. The Labute approximate surface area is 92.3 Å². The fourth-order valence-corrected chi connectivity index (χ4v) is 1.89. The van der Waals surface area contributed by atoms with Crippen LogP contribution in [-0.4, -0.2) is 31.2 Å². The Morgan fingerprint density at radius 1 is 1.43 bits per heavy atom. The molecule has 1 heterocycles. The van der Waals surface area contributed by atoms with E-state index < -0.39 is 0 Å². The van der Waals surface area contributed by atoms with Gasteiger partial charge in [-0.3, -0.25) is 0 Å². The van der Waals surface area contributed by atoms with Crippen LogP contribution in [-0.2, 0) is 4.74 Å². The fraction of sp³-hybridized carbons (Fsp3) is 1.00. The van der Waals surface area contributed by atoms with Gasteiger partial charge < -0.3 is 10.1 Å². The minimum absolute atomic E-state index is 0.111. The summed E-state index contributed by atoms with van der Waals surface area (Å²) in [6.45, 7) is 7.31. The summed E-state index contributed by atoms with van der Waals surface area (Å²) in [6, 6.07) is 0. The summed E-state index contributed by atoms with van der Waals surface area (Å²) in [7, 11) is 0. The molecule has 14 heavy (non-hydrogen) atoms. The van der Waals surface area contributed by atoms with Crippen LogP contribution in [0.3, 0.4) is 0 Å². The highest BCUT2D eigenvalue weighted by molar-refractivity contribution is 6.18. The van der Waals surface area contributed by atoms with Gasteiger partial charge in [0.2, 0.25) is 0 Å². The van der Waals surface area contributed by atoms with Gasteiger partial charge in [-0.1, -0.05) is 6.92 Å². The molecule has 84 valence electrons. The zero-order valence-electron chi connectivity index (χ0n) is 9.31. The molecular weight excluding hydrogens is 198 g/mol. The van der Waals surface area contributed by atoms with Crippen molar-refractivity contribution < 1.29 is 4.74 Å². The van der Waals surface area contributed by atoms with Crippen molar-refractivity contribution in [2.24, 2.45) is 5.92 Å². The predicted octanol–water partition coefficient (Wildman–Crippen LogP) is 2.41. The van der Waals surface area contributed by atoms with Crippen LogP contribution < -0.4 is 5.32 Å². The van der Waals surface area contributed by atoms with Gasteiger partial charge in [0, 0.05) is 24.6 Å². The number of alkyl halides is 1. The Balaban J connectivity index is 2.23. The Morgan fingerprint density at radius 3 is 2.57 bits per heavy atom. The number of halogens is 1. The van der Waals surface area contributed by atoms with Gasteiger partial charge in [-0.05, 0) is 38.6 Å². The molecule has 1 saturated heterocycles. The molecule has 0 aromatic carbocycles. The highest BCUT2D eigenvalue weighted by Gasteiger charge is 2.22. The minimum Gasteiger partial charge on any atom is -0.381 e. The molecule has 1 atom stereocenters. The zero-order chi connectivity index (χ0) is 10.4. The van der Waals surface area contributed by atoms with E-state index in [0.29, 0.717) is 5.88 Å². The van der Waals surface area contributed by atoms with Crippen LogP contribution >= 0.6 is 11.6 Å². The molecule has 0 radical (unpaired) electrons. The van der Waals surface area contributed by atoms with Gasteiger partial charge in [0.25, 0.3) is 0 Å². The Hall–Kier alpha value is 0.210. The summed E-state index contributed by atoms with van der Waals surface area (Å²) in [5.41, 5.74) is 0.111. The second kappa shape index (κ2) is 5.94. The van der Waals surface area contributed by atoms with Crippen molar-refractivity contribution in [1.82, 2.24) is 5.32 Å². The van der Waals surface area contributed by atoms with Crippen LogP contribution in [0.1, 0.15) is 33.1 Å². The summed E-state index contributed by atoms with van der Waals surface area (Å²) in [6.07, 6.45) is 3.46. The van der Waals surface area contributed by atoms with E-state index in [-0.39, 0.29) is 5.54 Å². The quantitative estimate of drug-likeness (QED) is 0.718. The molecule has 0 aromatic heterocycles. The molecule has 1 aliphatic heterocycles. The molecule has 1 rings (SSSR count). The third kappa shape index (κ3) is 3.76. The molecule has 0 saturated carbocycles. The van der Waals surface area contributed by atoms with Gasteiger partial charge in [-0.15, -0.1) is 11.6 Å². The Bertz CT molecular complexity index is 153. The third-order valence-corrected chi connectivity index (χ3v) is 3.82. The van der Waals surface area contributed by atoms with E-state index in [1.165, 1.54) is 12.8 Å². The summed E-state index contributed by atoms with van der Waals surface area (Å²) in [4.78, 5) is 0. The lowest BCUT2D eigenvalue weighted by molar-refractivity contribution is 0.0640. The van der Waals surface area contributed by atoms with Crippen molar-refractivity contribution in [3.8, 4) is 0 Å². The molecule has 0 amide bonds. The van der Waals surface area contributed by atoms with E-state index >= 15 is 0 Å². The van der Waals surface area contributed by atoms with Crippen LogP contribution in [0.25, 0.3) is 0 Å². The molecule has 3 heteroatoms. The van der Waals surface area contributed by atoms with Crippen LogP contribution in [0.5, 0.6) is 0 Å². The van der Waals surface area contributed by atoms with Gasteiger partial charge >= 0.3 is 0 Å². The molecule has 2 nitrogen and oxygen atoms in total. The van der Waals surface area contributed by atoms with E-state index in [0.717, 1.165) is 32.1 Å². The molecule has 0 spiro atoms. The van der Waals surface area contributed by atoms with Gasteiger partial charge in [-0.2, -0.15) is 0 Å². The van der Waals surface area contributed by atoms with Gasteiger partial charge in [0.15, 0.2) is 0 Å². The Morgan fingerprint density at radius 2 is 2.07 bits per heavy atom. The topological polar surface area (TPSA) is 21.3 Å². The van der Waals surface area contributed by atoms with Crippen molar-refractivity contribution in [3.05, 3.63) is 0 Å². The highest BCUT2D eigenvalue weighted by atomic mass is 35.5. The number of nitrogens with one attached hydrogen (secondary N) is 1. The summed E-state index contributed by atoms with van der Waals surface area (Å²) in [5, 5.41) is 3.58. The largest absolute Gasteiger partial charge is 0.381 e. The van der Waals surface area contributed by atoms with E-state index in [1.807, 2.05) is 0 Å². The molecule has 0 bridgehead atoms. The number of hydrogen-bond acceptors (Lipinski definition) is 2. The van der Waals surface area contributed by atoms with Crippen LogP contribution in [0.15, 0.2) is 0 Å². The second-order valence-corrected chi connectivity index (χ2v) is 4.75. The SMILES string of the molecule is CCC(C)(CCl)NCC1CCOCC1. The first kappa shape index (κ1) is 12.3. The standard InChI is InChI=1S/C11H22ClNO/c1-3-11(2,9-12)13-8-10-4-6-14-7-5-10/h10,13H,3-9H2,1-2H3. The van der Waals surface area contributed by atoms with Crippen LogP contribution in [0.2, 0.25) is 0 Å². The van der Waals surface area contributed by atoms with Crippen LogP contribution in [0, 0.1) is 5.92 Å². The molecule has 1 aliphatic rings. The Kier molecular flexibility index (Phi) is 5.21. The first-order valence-electron chi connectivity index (χ1n) is 5.59. The lowest BCUT2D eigenvalue weighted by Gasteiger charge is -2.31. The van der Waals surface area contributed by atoms with E-state index in [9.17, 15) is 0 Å². The minimum atomic E-state index is 0.111. The average Bonchev–Trinajstić information content (AvgIpc) is 2.27. The summed E-state index contributed by atoms with van der Waals surface area (Å²) < 4.78 is 5.33. The molecule has 0 aromatic rings. The number of hydrogen-bond donors (Lipinski definition) is 1. The smallest absolute Gasteiger partial charge is 0.0469 e. The first-order chi connectivity index (χ1) is 6.70. The highest BCUT2D eigenvalue weighted by Crippen LogP contribution is 2.17. The maximum Gasteiger partial charge on any atom is 0.0469 e. The zero-order valence-corrected chi connectivity index (χ0v) is 10.1.